The minimum atomic E-state index is 0.290. The normalized spacial score (nSPS) is 12.8. The quantitative estimate of drug-likeness (QED) is 0.720. The second-order valence-corrected chi connectivity index (χ2v) is 5.45. The van der Waals surface area contributed by atoms with Gasteiger partial charge in [0.1, 0.15) is 10.8 Å². The van der Waals surface area contributed by atoms with E-state index in [1.165, 1.54) is 0 Å². The Hall–Kier alpha value is -2.27. The van der Waals surface area contributed by atoms with Gasteiger partial charge >= 0.3 is 0 Å². The van der Waals surface area contributed by atoms with Crippen molar-refractivity contribution in [3.8, 4) is 27.8 Å². The van der Waals surface area contributed by atoms with Crippen LogP contribution < -0.4 is 14.2 Å². The Kier molecular flexibility index (Phi) is 2.53. The zero-order valence-corrected chi connectivity index (χ0v) is 11.6. The predicted octanol–water partition coefficient (Wildman–Crippen LogP) is 3.70. The molecule has 1 aliphatic rings. The molecular weight excluding hydrogens is 274 g/mol. The summed E-state index contributed by atoms with van der Waals surface area (Å²) in [4.78, 5) is 4.66. The number of ether oxygens (including phenoxy) is 3. The highest BCUT2D eigenvalue weighted by atomic mass is 32.1. The van der Waals surface area contributed by atoms with Crippen LogP contribution in [0.1, 0.15) is 0 Å². The molecule has 0 spiro atoms. The van der Waals surface area contributed by atoms with Gasteiger partial charge in [0.15, 0.2) is 11.5 Å². The van der Waals surface area contributed by atoms with E-state index in [4.69, 9.17) is 14.2 Å². The van der Waals surface area contributed by atoms with Crippen LogP contribution >= 0.6 is 11.3 Å². The number of fused-ring (bicyclic) bond motifs is 2. The first kappa shape index (κ1) is 11.5. The third kappa shape index (κ3) is 1.78. The lowest BCUT2D eigenvalue weighted by molar-refractivity contribution is 0.174. The molecule has 1 aromatic heterocycles. The van der Waals surface area contributed by atoms with Crippen LogP contribution in [0.2, 0.25) is 0 Å². The Bertz CT molecular complexity index is 739. The Labute approximate surface area is 119 Å². The van der Waals surface area contributed by atoms with Gasteiger partial charge in [0.05, 0.1) is 17.3 Å². The van der Waals surface area contributed by atoms with E-state index in [2.05, 4.69) is 4.98 Å². The molecule has 0 atom stereocenters. The van der Waals surface area contributed by atoms with Gasteiger partial charge in [-0.3, -0.25) is 0 Å². The number of hydrogen-bond donors (Lipinski definition) is 0. The van der Waals surface area contributed by atoms with Gasteiger partial charge in [-0.15, -0.1) is 11.3 Å². The van der Waals surface area contributed by atoms with E-state index in [1.54, 1.807) is 18.4 Å². The average Bonchev–Trinajstić information content (AvgIpc) is 3.10. The molecule has 0 N–H and O–H groups in total. The van der Waals surface area contributed by atoms with Crippen molar-refractivity contribution in [3.63, 3.8) is 0 Å². The van der Waals surface area contributed by atoms with Crippen molar-refractivity contribution in [2.45, 2.75) is 0 Å². The van der Waals surface area contributed by atoms with Crippen LogP contribution in [0, 0.1) is 0 Å². The van der Waals surface area contributed by atoms with Gasteiger partial charge < -0.3 is 14.2 Å². The van der Waals surface area contributed by atoms with Gasteiger partial charge in [0.2, 0.25) is 6.79 Å². The van der Waals surface area contributed by atoms with E-state index in [9.17, 15) is 0 Å². The molecule has 100 valence electrons. The molecule has 20 heavy (non-hydrogen) atoms. The molecule has 1 aliphatic heterocycles. The molecule has 0 fully saturated rings. The van der Waals surface area contributed by atoms with Crippen LogP contribution in [0.3, 0.4) is 0 Å². The molecule has 4 nitrogen and oxygen atoms in total. The second-order valence-electron chi connectivity index (χ2n) is 4.42. The molecule has 0 bridgehead atoms. The third-order valence-electron chi connectivity index (χ3n) is 3.22. The number of hydrogen-bond acceptors (Lipinski definition) is 5. The molecule has 2 aromatic carbocycles. The van der Waals surface area contributed by atoms with Crippen LogP contribution in [-0.4, -0.2) is 18.9 Å². The zero-order valence-electron chi connectivity index (χ0n) is 10.8. The molecule has 5 heteroatoms. The van der Waals surface area contributed by atoms with E-state index >= 15 is 0 Å². The van der Waals surface area contributed by atoms with Gasteiger partial charge in [0, 0.05) is 17.7 Å². The van der Waals surface area contributed by atoms with E-state index < -0.39 is 0 Å². The fraction of sp³-hybridized carbons (Fsp3) is 0.133. The molecule has 0 amide bonds. The first-order chi connectivity index (χ1) is 9.83. The van der Waals surface area contributed by atoms with Gasteiger partial charge in [-0.05, 0) is 24.3 Å². The van der Waals surface area contributed by atoms with Crippen molar-refractivity contribution in [1.29, 1.82) is 0 Å². The Morgan fingerprint density at radius 1 is 1.10 bits per heavy atom. The summed E-state index contributed by atoms with van der Waals surface area (Å²) in [6.07, 6.45) is 0. The lowest BCUT2D eigenvalue weighted by atomic mass is 10.2. The molecular formula is C15H11NO3S. The minimum absolute atomic E-state index is 0.290. The van der Waals surface area contributed by atoms with E-state index in [0.29, 0.717) is 0 Å². The molecule has 0 saturated carbocycles. The summed E-state index contributed by atoms with van der Waals surface area (Å²) in [6.45, 7) is 0.290. The molecule has 2 heterocycles. The highest BCUT2D eigenvalue weighted by Crippen LogP contribution is 2.40. The number of benzene rings is 2. The van der Waals surface area contributed by atoms with E-state index in [0.717, 1.165) is 38.0 Å². The number of methoxy groups -OCH3 is 1. The molecule has 4 rings (SSSR count). The number of nitrogens with zero attached hydrogens (tertiary/aromatic N) is 1. The molecule has 0 radical (unpaired) electrons. The molecule has 0 saturated heterocycles. The summed E-state index contributed by atoms with van der Waals surface area (Å²) < 4.78 is 17.0. The average molecular weight is 285 g/mol. The summed E-state index contributed by atoms with van der Waals surface area (Å²) in [7, 11) is 1.66. The zero-order chi connectivity index (χ0) is 13.5. The summed E-state index contributed by atoms with van der Waals surface area (Å²) in [5, 5.41) is 0.978. The Morgan fingerprint density at radius 3 is 2.60 bits per heavy atom. The topological polar surface area (TPSA) is 40.6 Å². The van der Waals surface area contributed by atoms with Crippen molar-refractivity contribution >= 4 is 21.6 Å². The summed E-state index contributed by atoms with van der Waals surface area (Å²) in [6, 6.07) is 11.8. The smallest absolute Gasteiger partial charge is 0.231 e. The van der Waals surface area contributed by atoms with Crippen molar-refractivity contribution in [1.82, 2.24) is 4.98 Å². The first-order valence-electron chi connectivity index (χ1n) is 6.18. The maximum atomic E-state index is 5.39. The summed E-state index contributed by atoms with van der Waals surface area (Å²) in [5.41, 5.74) is 2.01. The van der Waals surface area contributed by atoms with Crippen LogP contribution in [0.5, 0.6) is 17.2 Å². The lowest BCUT2D eigenvalue weighted by Crippen LogP contribution is -1.92. The monoisotopic (exact) mass is 285 g/mol. The Balaban J connectivity index is 1.80. The van der Waals surface area contributed by atoms with Crippen LogP contribution in [0.25, 0.3) is 20.8 Å². The van der Waals surface area contributed by atoms with Gasteiger partial charge in [-0.25, -0.2) is 4.98 Å². The lowest BCUT2D eigenvalue weighted by Gasteiger charge is -1.99. The third-order valence-corrected chi connectivity index (χ3v) is 4.29. The number of rotatable bonds is 2. The molecule has 0 unspecified atom stereocenters. The Morgan fingerprint density at radius 2 is 1.85 bits per heavy atom. The molecule has 3 aromatic rings. The fourth-order valence-electron chi connectivity index (χ4n) is 2.18. The SMILES string of the molecule is COc1ccc(-c2nc3cc4c(cc3s2)OCO4)cc1. The van der Waals surface area contributed by atoms with Gasteiger partial charge in [-0.1, -0.05) is 0 Å². The van der Waals surface area contributed by atoms with E-state index in [1.807, 2.05) is 36.4 Å². The highest BCUT2D eigenvalue weighted by Gasteiger charge is 2.16. The van der Waals surface area contributed by atoms with Crippen molar-refractivity contribution in [2.75, 3.05) is 13.9 Å². The van der Waals surface area contributed by atoms with Gasteiger partial charge in [0.25, 0.3) is 0 Å². The largest absolute Gasteiger partial charge is 0.497 e. The number of aromatic nitrogens is 1. The first-order valence-corrected chi connectivity index (χ1v) is 7.00. The summed E-state index contributed by atoms with van der Waals surface area (Å²) >= 11 is 1.64. The fourth-order valence-corrected chi connectivity index (χ4v) is 3.16. The summed E-state index contributed by atoms with van der Waals surface area (Å²) in [5.74, 6) is 2.40. The van der Waals surface area contributed by atoms with Crippen molar-refractivity contribution in [2.24, 2.45) is 0 Å². The van der Waals surface area contributed by atoms with Gasteiger partial charge in [-0.2, -0.15) is 0 Å². The van der Waals surface area contributed by atoms with Crippen molar-refractivity contribution < 1.29 is 14.2 Å². The van der Waals surface area contributed by atoms with Crippen LogP contribution in [0.15, 0.2) is 36.4 Å². The highest BCUT2D eigenvalue weighted by molar-refractivity contribution is 7.21. The molecule has 0 aliphatic carbocycles. The standard InChI is InChI=1S/C15H11NO3S/c1-17-10-4-2-9(3-5-10)15-16-11-6-12-13(19-8-18-12)7-14(11)20-15/h2-7H,8H2,1H3. The maximum absolute atomic E-state index is 5.39. The van der Waals surface area contributed by atoms with Crippen LogP contribution in [-0.2, 0) is 0 Å². The number of thiazole rings is 1. The minimum Gasteiger partial charge on any atom is -0.497 e. The second kappa shape index (κ2) is 4.38. The van der Waals surface area contributed by atoms with E-state index in [-0.39, 0.29) is 6.79 Å². The predicted molar refractivity (Wildman–Crippen MR) is 77.7 cm³/mol. The van der Waals surface area contributed by atoms with Crippen LogP contribution in [0.4, 0.5) is 0 Å². The maximum Gasteiger partial charge on any atom is 0.231 e. The van der Waals surface area contributed by atoms with Crippen molar-refractivity contribution in [3.05, 3.63) is 36.4 Å².